The second kappa shape index (κ2) is 9.34. The van der Waals surface area contributed by atoms with Gasteiger partial charge in [0, 0.05) is 25.6 Å². The summed E-state index contributed by atoms with van der Waals surface area (Å²) in [6.07, 6.45) is 1.61. The molecule has 0 aromatic heterocycles. The summed E-state index contributed by atoms with van der Waals surface area (Å²) in [7, 11) is 0. The number of rotatable bonds is 9. The van der Waals surface area contributed by atoms with Crippen LogP contribution in [0.5, 0.6) is 5.75 Å². The Morgan fingerprint density at radius 3 is 2.52 bits per heavy atom. The number of carbonyl (C=O) groups excluding carboxylic acids is 1. The maximum Gasteiger partial charge on any atom is 0.222 e. The van der Waals surface area contributed by atoms with Crippen molar-refractivity contribution in [2.45, 2.75) is 39.2 Å². The van der Waals surface area contributed by atoms with Gasteiger partial charge in [-0.25, -0.2) is 4.39 Å². The standard InChI is InChI=1S/C16H24FNO3/c1-13(2)18(10-4-11-19)16(20)5-3-12-21-15-8-6-14(17)7-9-15/h6-9,13,19H,3-5,10-12H2,1-2H3. The highest BCUT2D eigenvalue weighted by molar-refractivity contribution is 5.76. The lowest BCUT2D eigenvalue weighted by molar-refractivity contribution is -0.133. The van der Waals surface area contributed by atoms with Crippen molar-refractivity contribution < 1.29 is 19.0 Å². The van der Waals surface area contributed by atoms with Crippen molar-refractivity contribution in [3.63, 3.8) is 0 Å². The molecule has 4 nitrogen and oxygen atoms in total. The quantitative estimate of drug-likeness (QED) is 0.713. The van der Waals surface area contributed by atoms with E-state index >= 15 is 0 Å². The maximum atomic E-state index is 12.7. The van der Waals surface area contributed by atoms with E-state index < -0.39 is 0 Å². The van der Waals surface area contributed by atoms with Gasteiger partial charge in [0.1, 0.15) is 11.6 Å². The topological polar surface area (TPSA) is 49.8 Å². The number of ether oxygens (including phenoxy) is 1. The molecule has 1 N–H and O–H groups in total. The normalized spacial score (nSPS) is 10.7. The van der Waals surface area contributed by atoms with E-state index in [4.69, 9.17) is 9.84 Å². The molecule has 0 bridgehead atoms. The van der Waals surface area contributed by atoms with Crippen LogP contribution in [0.1, 0.15) is 33.1 Å². The molecule has 118 valence electrons. The molecule has 1 aromatic carbocycles. The monoisotopic (exact) mass is 297 g/mol. The Kier molecular flexibility index (Phi) is 7.75. The zero-order valence-electron chi connectivity index (χ0n) is 12.7. The van der Waals surface area contributed by atoms with E-state index in [-0.39, 0.29) is 24.4 Å². The van der Waals surface area contributed by atoms with Crippen molar-refractivity contribution in [1.29, 1.82) is 0 Å². The largest absolute Gasteiger partial charge is 0.494 e. The Hall–Kier alpha value is -1.62. The number of benzene rings is 1. The second-order valence-corrected chi connectivity index (χ2v) is 5.16. The van der Waals surface area contributed by atoms with Crippen LogP contribution in [-0.2, 0) is 4.79 Å². The van der Waals surface area contributed by atoms with Crippen LogP contribution in [-0.4, -0.2) is 41.7 Å². The van der Waals surface area contributed by atoms with Crippen molar-refractivity contribution in [2.75, 3.05) is 19.8 Å². The Bertz CT molecular complexity index is 420. The molecule has 1 rings (SSSR count). The summed E-state index contributed by atoms with van der Waals surface area (Å²) in [6.45, 7) is 5.01. The molecule has 21 heavy (non-hydrogen) atoms. The highest BCUT2D eigenvalue weighted by Crippen LogP contribution is 2.12. The first-order valence-electron chi connectivity index (χ1n) is 7.33. The first kappa shape index (κ1) is 17.4. The van der Waals surface area contributed by atoms with Crippen LogP contribution in [0.3, 0.4) is 0 Å². The van der Waals surface area contributed by atoms with Gasteiger partial charge < -0.3 is 14.7 Å². The molecular weight excluding hydrogens is 273 g/mol. The van der Waals surface area contributed by atoms with Crippen molar-refractivity contribution in [3.05, 3.63) is 30.1 Å². The van der Waals surface area contributed by atoms with Gasteiger partial charge in [0.05, 0.1) is 6.61 Å². The molecular formula is C16H24FNO3. The Morgan fingerprint density at radius 2 is 1.95 bits per heavy atom. The summed E-state index contributed by atoms with van der Waals surface area (Å²) in [5, 5.41) is 8.85. The summed E-state index contributed by atoms with van der Waals surface area (Å²) in [5.41, 5.74) is 0. The molecule has 0 unspecified atom stereocenters. The van der Waals surface area contributed by atoms with E-state index in [2.05, 4.69) is 0 Å². The SMILES string of the molecule is CC(C)N(CCCO)C(=O)CCCOc1ccc(F)cc1. The highest BCUT2D eigenvalue weighted by atomic mass is 19.1. The Labute approximate surface area is 125 Å². The average molecular weight is 297 g/mol. The molecule has 0 aliphatic carbocycles. The molecule has 0 saturated carbocycles. The van der Waals surface area contributed by atoms with Crippen LogP contribution in [0, 0.1) is 5.82 Å². The Balaban J connectivity index is 2.29. The van der Waals surface area contributed by atoms with Gasteiger partial charge in [-0.2, -0.15) is 0 Å². The summed E-state index contributed by atoms with van der Waals surface area (Å²) in [4.78, 5) is 13.9. The molecule has 0 aliphatic heterocycles. The highest BCUT2D eigenvalue weighted by Gasteiger charge is 2.15. The fraction of sp³-hybridized carbons (Fsp3) is 0.562. The number of hydrogen-bond donors (Lipinski definition) is 1. The number of carbonyl (C=O) groups is 1. The van der Waals surface area contributed by atoms with E-state index in [0.717, 1.165) is 0 Å². The minimum absolute atomic E-state index is 0.0705. The number of hydrogen-bond acceptors (Lipinski definition) is 3. The van der Waals surface area contributed by atoms with Gasteiger partial charge in [0.2, 0.25) is 5.91 Å². The number of aliphatic hydroxyl groups excluding tert-OH is 1. The zero-order valence-corrected chi connectivity index (χ0v) is 12.7. The minimum Gasteiger partial charge on any atom is -0.494 e. The third kappa shape index (κ3) is 6.58. The molecule has 0 radical (unpaired) electrons. The summed E-state index contributed by atoms with van der Waals surface area (Å²) >= 11 is 0. The molecule has 0 atom stereocenters. The second-order valence-electron chi connectivity index (χ2n) is 5.16. The van der Waals surface area contributed by atoms with Gasteiger partial charge in [0.25, 0.3) is 0 Å². The van der Waals surface area contributed by atoms with Crippen LogP contribution in [0.25, 0.3) is 0 Å². The first-order chi connectivity index (χ1) is 10.0. The lowest BCUT2D eigenvalue weighted by Gasteiger charge is -2.26. The number of halogens is 1. The summed E-state index contributed by atoms with van der Waals surface area (Å²) in [5.74, 6) is 0.375. The van der Waals surface area contributed by atoms with Crippen LogP contribution in [0.2, 0.25) is 0 Å². The summed E-state index contributed by atoms with van der Waals surface area (Å²) < 4.78 is 18.2. The fourth-order valence-electron chi connectivity index (χ4n) is 2.00. The Morgan fingerprint density at radius 1 is 1.29 bits per heavy atom. The van der Waals surface area contributed by atoms with E-state index in [1.54, 1.807) is 17.0 Å². The fourth-order valence-corrected chi connectivity index (χ4v) is 2.00. The number of amides is 1. The third-order valence-electron chi connectivity index (χ3n) is 3.12. The van der Waals surface area contributed by atoms with E-state index in [1.807, 2.05) is 13.8 Å². The molecule has 0 aliphatic rings. The molecule has 0 fully saturated rings. The first-order valence-corrected chi connectivity index (χ1v) is 7.33. The van der Waals surface area contributed by atoms with Gasteiger partial charge in [-0.3, -0.25) is 4.79 Å². The molecule has 1 aromatic rings. The van der Waals surface area contributed by atoms with Crippen LogP contribution >= 0.6 is 0 Å². The van der Waals surface area contributed by atoms with Crippen molar-refractivity contribution >= 4 is 5.91 Å². The van der Waals surface area contributed by atoms with Crippen LogP contribution < -0.4 is 4.74 Å². The molecule has 1 amide bonds. The minimum atomic E-state index is -0.297. The lowest BCUT2D eigenvalue weighted by Crippen LogP contribution is -2.38. The van der Waals surface area contributed by atoms with Crippen molar-refractivity contribution in [1.82, 2.24) is 4.90 Å². The van der Waals surface area contributed by atoms with Crippen molar-refractivity contribution in [3.8, 4) is 5.75 Å². The number of aliphatic hydroxyl groups is 1. The maximum absolute atomic E-state index is 12.7. The predicted octanol–water partition coefficient (Wildman–Crippen LogP) is 2.60. The predicted molar refractivity (Wildman–Crippen MR) is 79.7 cm³/mol. The van der Waals surface area contributed by atoms with Crippen molar-refractivity contribution in [2.24, 2.45) is 0 Å². The number of nitrogens with zero attached hydrogens (tertiary/aromatic N) is 1. The van der Waals surface area contributed by atoms with Crippen LogP contribution in [0.15, 0.2) is 24.3 Å². The van der Waals surface area contributed by atoms with E-state index in [9.17, 15) is 9.18 Å². The van der Waals surface area contributed by atoms with E-state index in [0.29, 0.717) is 38.2 Å². The molecule has 0 heterocycles. The van der Waals surface area contributed by atoms with Gasteiger partial charge >= 0.3 is 0 Å². The zero-order chi connectivity index (χ0) is 15.7. The third-order valence-corrected chi connectivity index (χ3v) is 3.12. The molecule has 0 saturated heterocycles. The van der Waals surface area contributed by atoms with Gasteiger partial charge in [-0.05, 0) is 51.0 Å². The van der Waals surface area contributed by atoms with Gasteiger partial charge in [-0.15, -0.1) is 0 Å². The average Bonchev–Trinajstić information content (AvgIpc) is 2.45. The summed E-state index contributed by atoms with van der Waals surface area (Å²) in [6, 6.07) is 5.95. The smallest absolute Gasteiger partial charge is 0.222 e. The molecule has 0 spiro atoms. The van der Waals surface area contributed by atoms with E-state index in [1.165, 1.54) is 12.1 Å². The molecule has 5 heteroatoms. The van der Waals surface area contributed by atoms with Crippen LogP contribution in [0.4, 0.5) is 4.39 Å². The lowest BCUT2D eigenvalue weighted by atomic mass is 10.2. The van der Waals surface area contributed by atoms with Gasteiger partial charge in [0.15, 0.2) is 0 Å². The van der Waals surface area contributed by atoms with Gasteiger partial charge in [-0.1, -0.05) is 0 Å².